The molecule has 1 fully saturated rings. The molecule has 0 radical (unpaired) electrons. The molecule has 2 heterocycles. The zero-order chi connectivity index (χ0) is 11.3. The smallest absolute Gasteiger partial charge is 0.113 e. The molecule has 16 heavy (non-hydrogen) atoms. The number of aromatic nitrogens is 1. The summed E-state index contributed by atoms with van der Waals surface area (Å²) in [7, 11) is 1.74. The van der Waals surface area contributed by atoms with Crippen LogP contribution in [0.15, 0.2) is 11.6 Å². The Kier molecular flexibility index (Phi) is 4.29. The summed E-state index contributed by atoms with van der Waals surface area (Å²) in [6, 6.07) is 0. The first-order valence-electron chi connectivity index (χ1n) is 5.72. The molecule has 1 aliphatic heterocycles. The maximum absolute atomic E-state index is 5.10. The van der Waals surface area contributed by atoms with Gasteiger partial charge in [0.05, 0.1) is 12.1 Å². The predicted molar refractivity (Wildman–Crippen MR) is 65.8 cm³/mol. The van der Waals surface area contributed by atoms with Crippen molar-refractivity contribution in [2.45, 2.75) is 18.4 Å². The molecular formula is C11H19N3OS. The van der Waals surface area contributed by atoms with Gasteiger partial charge in [0.25, 0.3) is 0 Å². The Bertz CT molecular complexity index is 296. The molecule has 0 unspecified atom stereocenters. The van der Waals surface area contributed by atoms with Crippen LogP contribution in [0.2, 0.25) is 0 Å². The van der Waals surface area contributed by atoms with Crippen LogP contribution in [0.1, 0.15) is 17.8 Å². The van der Waals surface area contributed by atoms with E-state index in [4.69, 9.17) is 4.74 Å². The van der Waals surface area contributed by atoms with Crippen LogP contribution in [-0.2, 0) is 10.3 Å². The third-order valence-corrected chi connectivity index (χ3v) is 4.05. The highest BCUT2D eigenvalue weighted by Crippen LogP contribution is 2.31. The second-order valence-corrected chi connectivity index (χ2v) is 4.98. The summed E-state index contributed by atoms with van der Waals surface area (Å²) in [4.78, 5) is 4.48. The maximum Gasteiger partial charge on any atom is 0.113 e. The fraction of sp³-hybridized carbons (Fsp3) is 0.727. The molecule has 90 valence electrons. The van der Waals surface area contributed by atoms with Gasteiger partial charge in [0, 0.05) is 25.2 Å². The van der Waals surface area contributed by atoms with Gasteiger partial charge in [0.2, 0.25) is 0 Å². The fourth-order valence-electron chi connectivity index (χ4n) is 2.17. The van der Waals surface area contributed by atoms with Crippen LogP contribution in [0.25, 0.3) is 0 Å². The first kappa shape index (κ1) is 12.0. The molecule has 0 aliphatic carbocycles. The average molecular weight is 241 g/mol. The highest BCUT2D eigenvalue weighted by Gasteiger charge is 2.35. The van der Waals surface area contributed by atoms with Crippen molar-refractivity contribution in [3.8, 4) is 0 Å². The molecule has 0 bridgehead atoms. The van der Waals surface area contributed by atoms with E-state index in [1.807, 2.05) is 6.20 Å². The van der Waals surface area contributed by atoms with Gasteiger partial charge in [0.15, 0.2) is 0 Å². The van der Waals surface area contributed by atoms with Gasteiger partial charge in [-0.3, -0.25) is 0 Å². The van der Waals surface area contributed by atoms with Crippen LogP contribution < -0.4 is 10.6 Å². The zero-order valence-corrected chi connectivity index (χ0v) is 10.5. The van der Waals surface area contributed by atoms with Crippen molar-refractivity contribution in [3.05, 3.63) is 16.6 Å². The number of thiazole rings is 1. The van der Waals surface area contributed by atoms with Crippen LogP contribution in [0.3, 0.4) is 0 Å². The van der Waals surface area contributed by atoms with Crippen molar-refractivity contribution in [3.63, 3.8) is 0 Å². The first-order chi connectivity index (χ1) is 7.87. The van der Waals surface area contributed by atoms with Gasteiger partial charge in [-0.25, -0.2) is 4.98 Å². The van der Waals surface area contributed by atoms with Crippen molar-refractivity contribution >= 4 is 11.3 Å². The molecular weight excluding hydrogens is 222 g/mol. The van der Waals surface area contributed by atoms with Gasteiger partial charge >= 0.3 is 0 Å². The Morgan fingerprint density at radius 3 is 3.00 bits per heavy atom. The lowest BCUT2D eigenvalue weighted by atomic mass is 9.89. The van der Waals surface area contributed by atoms with Gasteiger partial charge in [-0.15, -0.1) is 11.3 Å². The summed E-state index contributed by atoms with van der Waals surface area (Å²) in [5, 5.41) is 10.3. The first-order valence-corrected chi connectivity index (χ1v) is 6.60. The molecule has 0 amide bonds. The molecule has 1 saturated heterocycles. The van der Waals surface area contributed by atoms with Gasteiger partial charge in [-0.1, -0.05) is 0 Å². The SMILES string of the molecule is COCCNC1(c2nccs2)CCNCC1. The van der Waals surface area contributed by atoms with E-state index in [-0.39, 0.29) is 5.54 Å². The number of hydrogen-bond donors (Lipinski definition) is 2. The lowest BCUT2D eigenvalue weighted by Crippen LogP contribution is -2.50. The third-order valence-electron chi connectivity index (χ3n) is 3.07. The van der Waals surface area contributed by atoms with Gasteiger partial charge in [0.1, 0.15) is 5.01 Å². The van der Waals surface area contributed by atoms with Crippen molar-refractivity contribution in [1.82, 2.24) is 15.6 Å². The van der Waals surface area contributed by atoms with Crippen molar-refractivity contribution in [1.29, 1.82) is 0 Å². The summed E-state index contributed by atoms with van der Waals surface area (Å²) < 4.78 is 5.10. The normalized spacial score (nSPS) is 19.8. The van der Waals surface area contributed by atoms with E-state index in [9.17, 15) is 0 Å². The molecule has 0 saturated carbocycles. The van der Waals surface area contributed by atoms with E-state index in [1.54, 1.807) is 18.4 Å². The molecule has 4 nitrogen and oxygen atoms in total. The monoisotopic (exact) mass is 241 g/mol. The quantitative estimate of drug-likeness (QED) is 0.754. The number of hydrogen-bond acceptors (Lipinski definition) is 5. The van der Waals surface area contributed by atoms with Crippen molar-refractivity contribution < 1.29 is 4.74 Å². The third kappa shape index (κ3) is 2.60. The molecule has 0 spiro atoms. The molecule has 2 rings (SSSR count). The lowest BCUT2D eigenvalue weighted by Gasteiger charge is -2.37. The Morgan fingerprint density at radius 2 is 2.38 bits per heavy atom. The van der Waals surface area contributed by atoms with Crippen LogP contribution in [0, 0.1) is 0 Å². The minimum absolute atomic E-state index is 0.0674. The minimum atomic E-state index is 0.0674. The van der Waals surface area contributed by atoms with Gasteiger partial charge < -0.3 is 15.4 Å². The lowest BCUT2D eigenvalue weighted by molar-refractivity contribution is 0.170. The molecule has 5 heteroatoms. The predicted octanol–water partition coefficient (Wildman–Crippen LogP) is 0.958. The standard InChI is InChI=1S/C11H19N3OS/c1-15-8-6-14-11(2-4-12-5-3-11)10-13-7-9-16-10/h7,9,12,14H,2-6,8H2,1H3. The largest absolute Gasteiger partial charge is 0.383 e. The number of nitrogens with one attached hydrogen (secondary N) is 2. The molecule has 0 aromatic carbocycles. The molecule has 0 atom stereocenters. The zero-order valence-electron chi connectivity index (χ0n) is 9.66. The summed E-state index contributed by atoms with van der Waals surface area (Å²) >= 11 is 1.74. The molecule has 1 aromatic rings. The van der Waals surface area contributed by atoms with Gasteiger partial charge in [-0.2, -0.15) is 0 Å². The Balaban J connectivity index is 2.06. The van der Waals surface area contributed by atoms with Gasteiger partial charge in [-0.05, 0) is 25.9 Å². The highest BCUT2D eigenvalue weighted by atomic mass is 32.1. The second kappa shape index (κ2) is 5.72. The van der Waals surface area contributed by atoms with E-state index < -0.39 is 0 Å². The van der Waals surface area contributed by atoms with Crippen LogP contribution in [0.5, 0.6) is 0 Å². The van der Waals surface area contributed by atoms with Crippen LogP contribution in [0.4, 0.5) is 0 Å². The Labute approximate surface area is 100 Å². The average Bonchev–Trinajstić information content (AvgIpc) is 2.85. The van der Waals surface area contributed by atoms with Crippen LogP contribution in [-0.4, -0.2) is 38.3 Å². The molecule has 1 aromatic heterocycles. The maximum atomic E-state index is 5.10. The number of rotatable bonds is 5. The van der Waals surface area contributed by atoms with E-state index in [1.165, 1.54) is 5.01 Å². The number of nitrogens with zero attached hydrogens (tertiary/aromatic N) is 1. The Morgan fingerprint density at radius 1 is 1.56 bits per heavy atom. The number of piperidine rings is 1. The summed E-state index contributed by atoms with van der Waals surface area (Å²) in [5.41, 5.74) is 0.0674. The molecule has 1 aliphatic rings. The molecule has 2 N–H and O–H groups in total. The fourth-order valence-corrected chi connectivity index (χ4v) is 3.05. The highest BCUT2D eigenvalue weighted by molar-refractivity contribution is 7.09. The summed E-state index contributed by atoms with van der Waals surface area (Å²) in [6.45, 7) is 3.75. The van der Waals surface area contributed by atoms with E-state index in [2.05, 4.69) is 21.0 Å². The summed E-state index contributed by atoms with van der Waals surface area (Å²) in [6.07, 6.45) is 4.09. The van der Waals surface area contributed by atoms with E-state index in [0.717, 1.165) is 39.1 Å². The summed E-state index contributed by atoms with van der Waals surface area (Å²) in [5.74, 6) is 0. The van der Waals surface area contributed by atoms with Crippen LogP contribution >= 0.6 is 11.3 Å². The van der Waals surface area contributed by atoms with E-state index in [0.29, 0.717) is 0 Å². The number of ether oxygens (including phenoxy) is 1. The van der Waals surface area contributed by atoms with E-state index >= 15 is 0 Å². The number of methoxy groups -OCH3 is 1. The topological polar surface area (TPSA) is 46.2 Å². The second-order valence-electron chi connectivity index (χ2n) is 4.09. The minimum Gasteiger partial charge on any atom is -0.383 e. The Hall–Kier alpha value is -0.490. The van der Waals surface area contributed by atoms with Crippen molar-refractivity contribution in [2.75, 3.05) is 33.4 Å². The van der Waals surface area contributed by atoms with Crippen molar-refractivity contribution in [2.24, 2.45) is 0 Å².